The Kier molecular flexibility index (Phi) is 3.97. The first-order valence-corrected chi connectivity index (χ1v) is 5.89. The summed E-state index contributed by atoms with van der Waals surface area (Å²) in [7, 11) is 2.98. The van der Waals surface area contributed by atoms with Crippen molar-refractivity contribution >= 4 is 23.4 Å². The molecule has 0 aliphatic rings. The molecule has 0 atom stereocenters. The zero-order valence-electron chi connectivity index (χ0n) is 10.5. The highest BCUT2D eigenvalue weighted by Gasteiger charge is 2.10. The number of ether oxygens (including phenoxy) is 1. The standard InChI is InChI=1S/C13H12ClN3O2/c1-17(13(18)19-2)10-5-3-9(4-6-10)11-7-12(14)16-8-15-11/h3-8H,1-2H3. The Hall–Kier alpha value is -2.14. The molecule has 2 rings (SSSR count). The smallest absolute Gasteiger partial charge is 0.413 e. The maximum atomic E-state index is 11.4. The summed E-state index contributed by atoms with van der Waals surface area (Å²) < 4.78 is 4.65. The Morgan fingerprint density at radius 3 is 2.53 bits per heavy atom. The van der Waals surface area contributed by atoms with Crippen LogP contribution in [0.15, 0.2) is 36.7 Å². The molecule has 0 saturated heterocycles. The lowest BCUT2D eigenvalue weighted by atomic mass is 10.1. The van der Waals surface area contributed by atoms with Crippen LogP contribution in [0.2, 0.25) is 5.15 Å². The first-order chi connectivity index (χ1) is 9.11. The van der Waals surface area contributed by atoms with Crippen molar-refractivity contribution in [1.29, 1.82) is 0 Å². The molecule has 1 amide bonds. The first kappa shape index (κ1) is 13.3. The molecule has 0 spiro atoms. The Bertz CT molecular complexity index is 587. The third-order valence-electron chi connectivity index (χ3n) is 2.63. The summed E-state index contributed by atoms with van der Waals surface area (Å²) in [6.07, 6.45) is 0.990. The minimum Gasteiger partial charge on any atom is -0.452 e. The highest BCUT2D eigenvalue weighted by Crippen LogP contribution is 2.22. The van der Waals surface area contributed by atoms with E-state index in [2.05, 4.69) is 14.7 Å². The van der Waals surface area contributed by atoms with Crippen LogP contribution in [-0.2, 0) is 4.74 Å². The van der Waals surface area contributed by atoms with E-state index in [-0.39, 0.29) is 0 Å². The number of methoxy groups -OCH3 is 1. The minimum absolute atomic E-state index is 0.390. The van der Waals surface area contributed by atoms with Crippen LogP contribution in [0.1, 0.15) is 0 Å². The monoisotopic (exact) mass is 277 g/mol. The summed E-state index contributed by atoms with van der Waals surface area (Å²) in [6.45, 7) is 0. The van der Waals surface area contributed by atoms with E-state index in [4.69, 9.17) is 11.6 Å². The molecule has 0 fully saturated rings. The topological polar surface area (TPSA) is 55.3 Å². The first-order valence-electron chi connectivity index (χ1n) is 5.51. The van der Waals surface area contributed by atoms with E-state index in [9.17, 15) is 4.79 Å². The number of anilines is 1. The van der Waals surface area contributed by atoms with Gasteiger partial charge in [-0.05, 0) is 12.1 Å². The molecule has 0 aliphatic heterocycles. The number of halogens is 1. The van der Waals surface area contributed by atoms with Gasteiger partial charge in [-0.15, -0.1) is 0 Å². The van der Waals surface area contributed by atoms with E-state index in [1.54, 1.807) is 13.1 Å². The molecule has 0 N–H and O–H groups in total. The average molecular weight is 278 g/mol. The van der Waals surface area contributed by atoms with Gasteiger partial charge >= 0.3 is 6.09 Å². The highest BCUT2D eigenvalue weighted by atomic mass is 35.5. The molecule has 0 bridgehead atoms. The van der Waals surface area contributed by atoms with Crippen LogP contribution in [-0.4, -0.2) is 30.2 Å². The van der Waals surface area contributed by atoms with Crippen molar-refractivity contribution in [2.45, 2.75) is 0 Å². The molecule has 98 valence electrons. The molecule has 0 radical (unpaired) electrons. The second-order valence-electron chi connectivity index (χ2n) is 3.80. The number of benzene rings is 1. The van der Waals surface area contributed by atoms with E-state index in [0.29, 0.717) is 5.15 Å². The van der Waals surface area contributed by atoms with Gasteiger partial charge < -0.3 is 4.74 Å². The van der Waals surface area contributed by atoms with Gasteiger partial charge in [-0.1, -0.05) is 23.7 Å². The lowest BCUT2D eigenvalue weighted by Gasteiger charge is -2.15. The van der Waals surface area contributed by atoms with Gasteiger partial charge in [0.25, 0.3) is 0 Å². The van der Waals surface area contributed by atoms with Gasteiger partial charge in [0.2, 0.25) is 0 Å². The molecule has 6 heteroatoms. The molecule has 0 unspecified atom stereocenters. The number of nitrogens with zero attached hydrogens (tertiary/aromatic N) is 3. The predicted molar refractivity (Wildman–Crippen MR) is 73.3 cm³/mol. The van der Waals surface area contributed by atoms with Gasteiger partial charge in [0.05, 0.1) is 12.8 Å². The summed E-state index contributed by atoms with van der Waals surface area (Å²) >= 11 is 5.82. The Morgan fingerprint density at radius 1 is 1.26 bits per heavy atom. The lowest BCUT2D eigenvalue weighted by molar-refractivity contribution is 0.180. The van der Waals surface area contributed by atoms with Gasteiger partial charge in [0.1, 0.15) is 11.5 Å². The summed E-state index contributed by atoms with van der Waals surface area (Å²) in [5, 5.41) is 0.390. The van der Waals surface area contributed by atoms with Gasteiger partial charge in [-0.3, -0.25) is 4.90 Å². The molecule has 1 heterocycles. The van der Waals surface area contributed by atoms with Gasteiger partial charge in [-0.25, -0.2) is 14.8 Å². The zero-order chi connectivity index (χ0) is 13.8. The van der Waals surface area contributed by atoms with Gasteiger partial charge in [0, 0.05) is 24.4 Å². The van der Waals surface area contributed by atoms with Crippen LogP contribution in [0.4, 0.5) is 10.5 Å². The van der Waals surface area contributed by atoms with Crippen LogP contribution < -0.4 is 4.90 Å². The fourth-order valence-corrected chi connectivity index (χ4v) is 1.74. The quantitative estimate of drug-likeness (QED) is 0.792. The molecule has 0 saturated carbocycles. The number of rotatable bonds is 2. The van der Waals surface area contributed by atoms with Gasteiger partial charge in [0.15, 0.2) is 0 Å². The van der Waals surface area contributed by atoms with Crippen molar-refractivity contribution in [2.24, 2.45) is 0 Å². The second-order valence-corrected chi connectivity index (χ2v) is 4.19. The molecular formula is C13H12ClN3O2. The third-order valence-corrected chi connectivity index (χ3v) is 2.84. The predicted octanol–water partition coefficient (Wildman–Crippen LogP) is 3.00. The molecule has 19 heavy (non-hydrogen) atoms. The number of aromatic nitrogens is 2. The van der Waals surface area contributed by atoms with E-state index in [0.717, 1.165) is 16.9 Å². The molecular weight excluding hydrogens is 266 g/mol. The largest absolute Gasteiger partial charge is 0.452 e. The van der Waals surface area contributed by atoms with E-state index < -0.39 is 6.09 Å². The normalized spacial score (nSPS) is 10.1. The maximum absolute atomic E-state index is 11.4. The molecule has 0 aliphatic carbocycles. The molecule has 1 aromatic heterocycles. The maximum Gasteiger partial charge on any atom is 0.413 e. The van der Waals surface area contributed by atoms with Crippen LogP contribution >= 0.6 is 11.6 Å². The average Bonchev–Trinajstić information content (AvgIpc) is 2.46. The van der Waals surface area contributed by atoms with E-state index in [1.165, 1.54) is 18.3 Å². The van der Waals surface area contributed by atoms with Crippen molar-refractivity contribution in [1.82, 2.24) is 9.97 Å². The third kappa shape index (κ3) is 3.00. The number of hydrogen-bond acceptors (Lipinski definition) is 4. The van der Waals surface area contributed by atoms with E-state index in [1.807, 2.05) is 24.3 Å². The SMILES string of the molecule is COC(=O)N(C)c1ccc(-c2cc(Cl)ncn2)cc1. The molecule has 2 aromatic rings. The van der Waals surface area contributed by atoms with Crippen molar-refractivity contribution in [3.05, 3.63) is 41.8 Å². The Morgan fingerprint density at radius 2 is 1.95 bits per heavy atom. The highest BCUT2D eigenvalue weighted by molar-refractivity contribution is 6.29. The number of hydrogen-bond donors (Lipinski definition) is 0. The summed E-state index contributed by atoms with van der Waals surface area (Å²) in [5.41, 5.74) is 2.36. The minimum atomic E-state index is -0.419. The molecule has 5 nitrogen and oxygen atoms in total. The summed E-state index contributed by atoms with van der Waals surface area (Å²) in [4.78, 5) is 20.8. The van der Waals surface area contributed by atoms with E-state index >= 15 is 0 Å². The van der Waals surface area contributed by atoms with Gasteiger partial charge in [-0.2, -0.15) is 0 Å². The van der Waals surface area contributed by atoms with Crippen molar-refractivity contribution < 1.29 is 9.53 Å². The number of carbonyl (C=O) groups is 1. The molecule has 1 aromatic carbocycles. The lowest BCUT2D eigenvalue weighted by Crippen LogP contribution is -2.25. The zero-order valence-corrected chi connectivity index (χ0v) is 11.3. The fraction of sp³-hybridized carbons (Fsp3) is 0.154. The van der Waals surface area contributed by atoms with Crippen LogP contribution in [0, 0.1) is 0 Å². The summed E-state index contributed by atoms with van der Waals surface area (Å²) in [5.74, 6) is 0. The number of amides is 1. The number of carbonyl (C=O) groups excluding carboxylic acids is 1. The van der Waals surface area contributed by atoms with Crippen LogP contribution in [0.5, 0.6) is 0 Å². The van der Waals surface area contributed by atoms with Crippen LogP contribution in [0.3, 0.4) is 0 Å². The van der Waals surface area contributed by atoms with Crippen molar-refractivity contribution in [3.8, 4) is 11.3 Å². The Balaban J connectivity index is 2.26. The van der Waals surface area contributed by atoms with Crippen molar-refractivity contribution in [2.75, 3.05) is 19.1 Å². The summed E-state index contributed by atoms with van der Waals surface area (Å²) in [6, 6.07) is 9.01. The van der Waals surface area contributed by atoms with Crippen molar-refractivity contribution in [3.63, 3.8) is 0 Å². The second kappa shape index (κ2) is 5.67. The Labute approximate surface area is 115 Å². The fourth-order valence-electron chi connectivity index (χ4n) is 1.59. The van der Waals surface area contributed by atoms with Crippen LogP contribution in [0.25, 0.3) is 11.3 Å².